The first-order valence-electron chi connectivity index (χ1n) is 11.7. The highest BCUT2D eigenvalue weighted by Gasteiger charge is 2.23. The lowest BCUT2D eigenvalue weighted by Gasteiger charge is -2.33. The molecule has 1 fully saturated rings. The van der Waals surface area contributed by atoms with Crippen molar-refractivity contribution in [1.82, 2.24) is 10.2 Å². The van der Waals surface area contributed by atoms with Crippen molar-refractivity contribution in [2.45, 2.75) is 51.1 Å². The molecule has 1 amide bonds. The number of carbonyl (C=O) groups is 1. The van der Waals surface area contributed by atoms with E-state index in [4.69, 9.17) is 6.57 Å². The number of rotatable bonds is 6. The van der Waals surface area contributed by atoms with Crippen LogP contribution in [0.5, 0.6) is 0 Å². The molecule has 1 N–H and O–H groups in total. The topological polar surface area (TPSA) is 36.7 Å². The minimum absolute atomic E-state index is 0.148. The number of fused-ring (bicyclic) bond motifs is 1. The molecule has 6 heteroatoms. The number of halogens is 2. The van der Waals surface area contributed by atoms with E-state index in [1.54, 1.807) is 0 Å². The molecule has 0 bridgehead atoms. The maximum absolute atomic E-state index is 13.7. The van der Waals surface area contributed by atoms with Gasteiger partial charge in [-0.05, 0) is 74.8 Å². The van der Waals surface area contributed by atoms with Crippen molar-refractivity contribution in [2.75, 3.05) is 13.1 Å². The Hall–Kier alpha value is -3.04. The first-order chi connectivity index (χ1) is 16.0. The molecule has 0 radical (unpaired) electrons. The van der Waals surface area contributed by atoms with Crippen LogP contribution < -0.4 is 5.32 Å². The van der Waals surface area contributed by atoms with Crippen LogP contribution in [0.4, 0.5) is 14.5 Å². The standard InChI is InChI=1S/C27H29F2N3O/c1-30-25-10-5-22-18-32(15-13-21(22)16-25)14-12-19-2-8-24(9-3-19)31-27(33)11-6-20-4-7-23(28)17-26(20)29/h4-7,10-11,16-17,19,24H,2-3,8-9,12-15,18H2,(H,31,33). The number of carbonyl (C=O) groups excluding carboxylic acids is 1. The third-order valence-electron chi connectivity index (χ3n) is 6.83. The van der Waals surface area contributed by atoms with Crippen molar-refractivity contribution in [3.05, 3.63) is 82.2 Å². The summed E-state index contributed by atoms with van der Waals surface area (Å²) in [6, 6.07) is 9.50. The number of amides is 1. The third-order valence-corrected chi connectivity index (χ3v) is 6.83. The Morgan fingerprint density at radius 2 is 1.94 bits per heavy atom. The summed E-state index contributed by atoms with van der Waals surface area (Å²) in [6.07, 6.45) is 8.98. The zero-order chi connectivity index (χ0) is 23.2. The lowest BCUT2D eigenvalue weighted by Crippen LogP contribution is -2.37. The molecule has 33 heavy (non-hydrogen) atoms. The van der Waals surface area contributed by atoms with Gasteiger partial charge in [-0.2, -0.15) is 0 Å². The molecular formula is C27H29F2N3O. The molecule has 0 spiro atoms. The second-order valence-electron chi connectivity index (χ2n) is 9.11. The summed E-state index contributed by atoms with van der Waals surface area (Å²) < 4.78 is 26.7. The van der Waals surface area contributed by atoms with Crippen molar-refractivity contribution >= 4 is 17.7 Å². The Bertz CT molecular complexity index is 1070. The van der Waals surface area contributed by atoms with Gasteiger partial charge in [-0.1, -0.05) is 23.8 Å². The maximum atomic E-state index is 13.7. The first-order valence-corrected chi connectivity index (χ1v) is 11.7. The number of hydrogen-bond donors (Lipinski definition) is 1. The monoisotopic (exact) mass is 449 g/mol. The van der Waals surface area contributed by atoms with Crippen molar-refractivity contribution < 1.29 is 13.6 Å². The molecule has 1 aliphatic heterocycles. The van der Waals surface area contributed by atoms with Crippen LogP contribution in [0, 0.1) is 24.1 Å². The van der Waals surface area contributed by atoms with Gasteiger partial charge in [-0.3, -0.25) is 9.69 Å². The van der Waals surface area contributed by atoms with Gasteiger partial charge in [0.2, 0.25) is 5.91 Å². The molecule has 0 unspecified atom stereocenters. The molecule has 1 heterocycles. The molecule has 1 aliphatic carbocycles. The first kappa shape index (κ1) is 23.1. The number of nitrogens with zero attached hydrogens (tertiary/aromatic N) is 2. The normalized spacial score (nSPS) is 20.9. The molecule has 2 aromatic rings. The van der Waals surface area contributed by atoms with Crippen LogP contribution in [0.1, 0.15) is 48.8 Å². The van der Waals surface area contributed by atoms with Crippen LogP contribution in [0.25, 0.3) is 10.9 Å². The smallest absolute Gasteiger partial charge is 0.244 e. The van der Waals surface area contributed by atoms with Crippen molar-refractivity contribution in [1.29, 1.82) is 0 Å². The second kappa shape index (κ2) is 10.7. The van der Waals surface area contributed by atoms with E-state index in [9.17, 15) is 13.6 Å². The highest BCUT2D eigenvalue weighted by Crippen LogP contribution is 2.29. The van der Waals surface area contributed by atoms with E-state index >= 15 is 0 Å². The van der Waals surface area contributed by atoms with Crippen LogP contribution in [-0.4, -0.2) is 29.9 Å². The minimum atomic E-state index is -0.676. The highest BCUT2D eigenvalue weighted by molar-refractivity contribution is 5.91. The van der Waals surface area contributed by atoms with Crippen LogP contribution in [0.2, 0.25) is 0 Å². The molecule has 4 rings (SSSR count). The molecule has 0 atom stereocenters. The molecule has 172 valence electrons. The summed E-state index contributed by atoms with van der Waals surface area (Å²) >= 11 is 0. The van der Waals surface area contributed by atoms with Crippen molar-refractivity contribution in [2.24, 2.45) is 5.92 Å². The van der Waals surface area contributed by atoms with E-state index in [2.05, 4.69) is 21.1 Å². The lowest BCUT2D eigenvalue weighted by molar-refractivity contribution is -0.117. The van der Waals surface area contributed by atoms with Crippen molar-refractivity contribution in [3.8, 4) is 0 Å². The Labute approximate surface area is 194 Å². The second-order valence-corrected chi connectivity index (χ2v) is 9.11. The van der Waals surface area contributed by atoms with Crippen LogP contribution in [-0.2, 0) is 17.8 Å². The molecule has 2 aromatic carbocycles. The summed E-state index contributed by atoms with van der Waals surface area (Å²) in [7, 11) is 0. The fourth-order valence-electron chi connectivity index (χ4n) is 4.87. The third kappa shape index (κ3) is 6.27. The van der Waals surface area contributed by atoms with E-state index in [1.807, 2.05) is 12.1 Å². The SMILES string of the molecule is [C-]#[N+]c1ccc2c(c1)CCN(CCC1CCC(NC(=O)C=Cc3ccc(F)cc3F)CC1)C2. The maximum Gasteiger partial charge on any atom is 0.244 e. The van der Waals surface area contributed by atoms with Gasteiger partial charge in [0.05, 0.1) is 6.57 Å². The van der Waals surface area contributed by atoms with Gasteiger partial charge in [-0.15, -0.1) is 0 Å². The van der Waals surface area contributed by atoms with Gasteiger partial charge in [0.25, 0.3) is 0 Å². The predicted octanol–water partition coefficient (Wildman–Crippen LogP) is 5.65. The van der Waals surface area contributed by atoms with Gasteiger partial charge in [0.1, 0.15) is 11.6 Å². The number of hydrogen-bond acceptors (Lipinski definition) is 2. The number of benzene rings is 2. The molecule has 2 aliphatic rings. The summed E-state index contributed by atoms with van der Waals surface area (Å²) in [5, 5.41) is 3.01. The van der Waals surface area contributed by atoms with Crippen LogP contribution >= 0.6 is 0 Å². The van der Waals surface area contributed by atoms with E-state index in [0.29, 0.717) is 5.92 Å². The Morgan fingerprint density at radius 1 is 1.12 bits per heavy atom. The van der Waals surface area contributed by atoms with Crippen LogP contribution in [0.3, 0.4) is 0 Å². The van der Waals surface area contributed by atoms with E-state index in [-0.39, 0.29) is 17.5 Å². The van der Waals surface area contributed by atoms with Gasteiger partial charge in [0.15, 0.2) is 5.69 Å². The van der Waals surface area contributed by atoms with E-state index in [0.717, 1.165) is 63.5 Å². The summed E-state index contributed by atoms with van der Waals surface area (Å²) in [6.45, 7) is 10.2. The summed E-state index contributed by atoms with van der Waals surface area (Å²) in [5.41, 5.74) is 3.58. The largest absolute Gasteiger partial charge is 0.350 e. The summed E-state index contributed by atoms with van der Waals surface area (Å²) in [5.74, 6) is -0.876. The Morgan fingerprint density at radius 3 is 2.70 bits per heavy atom. The van der Waals surface area contributed by atoms with E-state index < -0.39 is 11.6 Å². The van der Waals surface area contributed by atoms with Gasteiger partial charge in [-0.25, -0.2) is 13.6 Å². The zero-order valence-electron chi connectivity index (χ0n) is 18.7. The van der Waals surface area contributed by atoms with Crippen LogP contribution in [0.15, 0.2) is 42.5 Å². The number of nitrogens with one attached hydrogen (secondary N) is 1. The van der Waals surface area contributed by atoms with Crippen molar-refractivity contribution in [3.63, 3.8) is 0 Å². The van der Waals surface area contributed by atoms with Gasteiger partial charge in [0, 0.05) is 36.8 Å². The molecular weight excluding hydrogens is 420 g/mol. The zero-order valence-corrected chi connectivity index (χ0v) is 18.7. The van der Waals surface area contributed by atoms with E-state index in [1.165, 1.54) is 41.8 Å². The summed E-state index contributed by atoms with van der Waals surface area (Å²) in [4.78, 5) is 18.2. The van der Waals surface area contributed by atoms with Gasteiger partial charge < -0.3 is 5.32 Å². The van der Waals surface area contributed by atoms with Gasteiger partial charge >= 0.3 is 0 Å². The predicted molar refractivity (Wildman–Crippen MR) is 126 cm³/mol. The molecule has 1 saturated carbocycles. The average molecular weight is 450 g/mol. The minimum Gasteiger partial charge on any atom is -0.350 e. The fraction of sp³-hybridized carbons (Fsp3) is 0.407. The fourth-order valence-corrected chi connectivity index (χ4v) is 4.87. The molecule has 4 nitrogen and oxygen atoms in total. The lowest BCUT2D eigenvalue weighted by atomic mass is 9.84. The quantitative estimate of drug-likeness (QED) is 0.457. The molecule has 0 saturated heterocycles. The Kier molecular flexibility index (Phi) is 7.51. The average Bonchev–Trinajstić information content (AvgIpc) is 2.82. The molecule has 0 aromatic heterocycles. The highest BCUT2D eigenvalue weighted by atomic mass is 19.1. The Balaban J connectivity index is 1.17.